The number of allylic oxidation sites excluding steroid dienone is 1. The number of hydroxylamine groups is 2. The van der Waals surface area contributed by atoms with E-state index in [9.17, 15) is 45.1 Å². The Kier molecular flexibility index (Phi) is 8.86. The van der Waals surface area contributed by atoms with Gasteiger partial charge in [-0.3, -0.25) is 14.4 Å². The van der Waals surface area contributed by atoms with Gasteiger partial charge >= 0.3 is 18.5 Å². The summed E-state index contributed by atoms with van der Waals surface area (Å²) in [7, 11) is 0. The number of carbonyl (C=O) groups excluding carboxylic acids is 3. The SMILES string of the molecule is C[C@H](CCCC(F)(C(F)(F)F)C(F)(F)F)C1CC[C@H]2[C@@H]3CC=C4C[C@@H](OC(=O)ON5C(=O)CCC5=O)CC[C@]4(C)[C@H]3CC[C@]12C. The van der Waals surface area contributed by atoms with E-state index in [1.54, 1.807) is 0 Å². The number of hydrogen-bond donors (Lipinski definition) is 0. The first-order chi connectivity index (χ1) is 20.8. The topological polar surface area (TPSA) is 72.9 Å². The van der Waals surface area contributed by atoms with Crippen LogP contribution in [0.25, 0.3) is 0 Å². The maximum Gasteiger partial charge on any atom is 0.534 e. The number of nitrogens with zero attached hydrogens (tertiary/aromatic N) is 1. The molecule has 1 unspecified atom stereocenters. The molecule has 4 fully saturated rings. The molecule has 2 amide bonds. The fraction of sp³-hybridized carbons (Fsp3) is 0.844. The summed E-state index contributed by atoms with van der Waals surface area (Å²) in [6.45, 7) is 6.36. The minimum Gasteiger partial charge on any atom is -0.429 e. The van der Waals surface area contributed by atoms with E-state index >= 15 is 0 Å². The van der Waals surface area contributed by atoms with Gasteiger partial charge in [0.25, 0.3) is 17.5 Å². The molecule has 0 bridgehead atoms. The first kappa shape index (κ1) is 34.0. The number of amides is 2. The van der Waals surface area contributed by atoms with Crippen LogP contribution in [0.4, 0.5) is 35.5 Å². The average molecular weight is 654 g/mol. The van der Waals surface area contributed by atoms with Gasteiger partial charge in [-0.25, -0.2) is 9.18 Å². The van der Waals surface area contributed by atoms with E-state index in [0.29, 0.717) is 35.7 Å². The van der Waals surface area contributed by atoms with Gasteiger partial charge < -0.3 is 4.74 Å². The van der Waals surface area contributed by atoms with Crippen LogP contribution >= 0.6 is 0 Å². The summed E-state index contributed by atoms with van der Waals surface area (Å²) in [4.78, 5) is 40.7. The predicted octanol–water partition coefficient (Wildman–Crippen LogP) is 8.79. The molecule has 0 spiro atoms. The summed E-state index contributed by atoms with van der Waals surface area (Å²) in [6.07, 6.45) is -6.94. The molecule has 1 saturated heterocycles. The van der Waals surface area contributed by atoms with E-state index in [-0.39, 0.29) is 41.9 Å². The third kappa shape index (κ3) is 5.87. The Morgan fingerprint density at radius 2 is 1.60 bits per heavy atom. The zero-order valence-corrected chi connectivity index (χ0v) is 25.9. The Morgan fingerprint density at radius 3 is 2.22 bits per heavy atom. The van der Waals surface area contributed by atoms with Crippen molar-refractivity contribution in [2.24, 2.45) is 40.4 Å². The van der Waals surface area contributed by atoms with Crippen molar-refractivity contribution in [3.05, 3.63) is 11.6 Å². The summed E-state index contributed by atoms with van der Waals surface area (Å²) in [5.41, 5.74) is -4.18. The zero-order chi connectivity index (χ0) is 33.2. The van der Waals surface area contributed by atoms with Crippen LogP contribution in [0.1, 0.15) is 104 Å². The molecular weight excluding hydrogens is 611 g/mol. The van der Waals surface area contributed by atoms with Gasteiger partial charge in [0.2, 0.25) is 0 Å². The van der Waals surface area contributed by atoms with Gasteiger partial charge in [0.05, 0.1) is 0 Å². The van der Waals surface area contributed by atoms with Gasteiger partial charge in [0, 0.05) is 19.3 Å². The molecule has 5 rings (SSSR count). The lowest BCUT2D eigenvalue weighted by molar-refractivity contribution is -0.343. The van der Waals surface area contributed by atoms with E-state index in [1.807, 2.05) is 6.92 Å². The second-order valence-electron chi connectivity index (χ2n) is 14.6. The van der Waals surface area contributed by atoms with Crippen LogP contribution < -0.4 is 0 Å². The van der Waals surface area contributed by atoms with Gasteiger partial charge in [-0.15, -0.1) is 0 Å². The van der Waals surface area contributed by atoms with E-state index in [2.05, 4.69) is 19.9 Å². The number of imide groups is 1. The molecule has 6 nitrogen and oxygen atoms in total. The van der Waals surface area contributed by atoms with Crippen molar-refractivity contribution in [2.75, 3.05) is 0 Å². The van der Waals surface area contributed by atoms with E-state index in [1.165, 1.54) is 5.57 Å². The minimum atomic E-state index is -6.01. The fourth-order valence-corrected chi connectivity index (χ4v) is 9.91. The molecule has 5 aliphatic rings. The van der Waals surface area contributed by atoms with Crippen LogP contribution in [-0.2, 0) is 19.2 Å². The fourth-order valence-electron chi connectivity index (χ4n) is 9.91. The van der Waals surface area contributed by atoms with E-state index < -0.39 is 54.9 Å². The summed E-state index contributed by atoms with van der Waals surface area (Å²) in [6, 6.07) is 0. The molecule has 3 saturated carbocycles. The average Bonchev–Trinajstić information content (AvgIpc) is 3.45. The van der Waals surface area contributed by atoms with Crippen molar-refractivity contribution in [2.45, 2.75) is 128 Å². The van der Waals surface area contributed by atoms with Crippen LogP contribution in [0, 0.1) is 40.4 Å². The number of alkyl halides is 7. The van der Waals surface area contributed by atoms with Crippen LogP contribution in [0.5, 0.6) is 0 Å². The highest BCUT2D eigenvalue weighted by molar-refractivity contribution is 6.01. The Bertz CT molecular complexity index is 1190. The van der Waals surface area contributed by atoms with Crippen LogP contribution in [0.15, 0.2) is 11.6 Å². The Hall–Kier alpha value is -2.34. The first-order valence-corrected chi connectivity index (χ1v) is 16.1. The molecule has 1 heterocycles. The Balaban J connectivity index is 1.20. The molecule has 8 atom stereocenters. The molecule has 13 heteroatoms. The molecule has 0 radical (unpaired) electrons. The summed E-state index contributed by atoms with van der Waals surface area (Å²) < 4.78 is 98.0. The third-order valence-electron chi connectivity index (χ3n) is 12.3. The number of rotatable bonds is 7. The van der Waals surface area contributed by atoms with Gasteiger partial charge in [0.15, 0.2) is 0 Å². The van der Waals surface area contributed by atoms with Gasteiger partial charge in [0.1, 0.15) is 6.10 Å². The molecule has 0 aromatic rings. The van der Waals surface area contributed by atoms with Gasteiger partial charge in [-0.2, -0.15) is 26.3 Å². The molecule has 1 aliphatic heterocycles. The number of carbonyl (C=O) groups is 3. The Morgan fingerprint density at radius 1 is 0.956 bits per heavy atom. The summed E-state index contributed by atoms with van der Waals surface area (Å²) >= 11 is 0. The maximum absolute atomic E-state index is 14.2. The number of halogens is 7. The standard InChI is InChI=1S/C32H42F7NO5/c1-18(5-4-14-30(33,31(34,35)36)32(37,38)39)22-8-9-23-21-7-6-19-17-20(44-27(43)45-40-25(41)10-11-26(40)42)12-15-28(19,2)24(21)13-16-29(22,23)3/h6,18,20-24H,4-5,7-17H2,1-3H3/t18-,20+,21+,22?,23+,24+,28+,29-/m1/s1. The minimum absolute atomic E-state index is 0.00721. The highest BCUT2D eigenvalue weighted by atomic mass is 19.4. The van der Waals surface area contributed by atoms with Crippen LogP contribution in [0.2, 0.25) is 0 Å². The van der Waals surface area contributed by atoms with E-state index in [0.717, 1.165) is 38.5 Å². The number of fused-ring (bicyclic) bond motifs is 5. The van der Waals surface area contributed by atoms with Crippen molar-refractivity contribution in [1.82, 2.24) is 5.06 Å². The molecule has 0 aromatic heterocycles. The number of hydrogen-bond acceptors (Lipinski definition) is 5. The van der Waals surface area contributed by atoms with Crippen molar-refractivity contribution in [1.29, 1.82) is 0 Å². The quantitative estimate of drug-likeness (QED) is 0.119. The lowest BCUT2D eigenvalue weighted by Gasteiger charge is -2.58. The van der Waals surface area contributed by atoms with Gasteiger partial charge in [-0.1, -0.05) is 43.9 Å². The van der Waals surface area contributed by atoms with E-state index in [4.69, 9.17) is 9.57 Å². The van der Waals surface area contributed by atoms with Crippen LogP contribution in [-0.4, -0.2) is 47.2 Å². The van der Waals surface area contributed by atoms with Crippen molar-refractivity contribution < 1.29 is 54.7 Å². The molecule has 4 aliphatic carbocycles. The summed E-state index contributed by atoms with van der Waals surface area (Å²) in [5.74, 6) is -0.00809. The van der Waals surface area contributed by atoms with Crippen LogP contribution in [0.3, 0.4) is 0 Å². The molecular formula is C32H42F7NO5. The Labute approximate surface area is 258 Å². The first-order valence-electron chi connectivity index (χ1n) is 16.1. The smallest absolute Gasteiger partial charge is 0.429 e. The lowest BCUT2D eigenvalue weighted by atomic mass is 9.47. The predicted molar refractivity (Wildman–Crippen MR) is 147 cm³/mol. The summed E-state index contributed by atoms with van der Waals surface area (Å²) in [5, 5.41) is 0.466. The molecule has 45 heavy (non-hydrogen) atoms. The lowest BCUT2D eigenvalue weighted by Crippen LogP contribution is -2.53. The van der Waals surface area contributed by atoms with Gasteiger partial charge in [-0.05, 0) is 98.2 Å². The zero-order valence-electron chi connectivity index (χ0n) is 25.9. The monoisotopic (exact) mass is 653 g/mol. The molecule has 254 valence electrons. The number of ether oxygens (including phenoxy) is 1. The molecule has 0 aromatic carbocycles. The highest BCUT2D eigenvalue weighted by Crippen LogP contribution is 2.67. The third-order valence-corrected chi connectivity index (χ3v) is 12.3. The normalized spacial score (nSPS) is 36.2. The van der Waals surface area contributed by atoms with Crippen molar-refractivity contribution in [3.8, 4) is 0 Å². The molecule has 0 N–H and O–H groups in total. The largest absolute Gasteiger partial charge is 0.534 e. The maximum atomic E-state index is 14.2. The van der Waals surface area contributed by atoms with Crippen molar-refractivity contribution in [3.63, 3.8) is 0 Å². The highest BCUT2D eigenvalue weighted by Gasteiger charge is 2.71. The second kappa shape index (κ2) is 11.7. The van der Waals surface area contributed by atoms with Crippen molar-refractivity contribution >= 4 is 18.0 Å². The second-order valence-corrected chi connectivity index (χ2v) is 14.6.